The van der Waals surface area contributed by atoms with Crippen LogP contribution >= 0.6 is 27.3 Å². The molecule has 0 saturated carbocycles. The maximum absolute atomic E-state index is 11.6. The van der Waals surface area contributed by atoms with E-state index in [2.05, 4.69) is 36.4 Å². The number of rotatable bonds is 1. The van der Waals surface area contributed by atoms with E-state index in [-0.39, 0.29) is 0 Å². The quantitative estimate of drug-likeness (QED) is 0.868. The average Bonchev–Trinajstić information content (AvgIpc) is 2.55. The van der Waals surface area contributed by atoms with Crippen LogP contribution in [0.4, 0.5) is 9.93 Å². The van der Waals surface area contributed by atoms with E-state index in [0.717, 1.165) is 4.70 Å². The SMILES string of the molecule is CC(C)(C)OC(=O)Nc1nc2nnc(Br)cc2s1. The van der Waals surface area contributed by atoms with E-state index >= 15 is 0 Å². The Balaban J connectivity index is 2.15. The number of amides is 1. The first kappa shape index (κ1) is 13.2. The summed E-state index contributed by atoms with van der Waals surface area (Å²) in [5.74, 6) is 0. The molecule has 0 aliphatic rings. The number of fused-ring (bicyclic) bond motifs is 1. The number of ether oxygens (including phenoxy) is 1. The third kappa shape index (κ3) is 3.36. The fourth-order valence-electron chi connectivity index (χ4n) is 1.17. The Morgan fingerprint density at radius 2 is 2.17 bits per heavy atom. The van der Waals surface area contributed by atoms with Gasteiger partial charge in [0.2, 0.25) is 0 Å². The lowest BCUT2D eigenvalue weighted by Gasteiger charge is -2.18. The number of anilines is 1. The van der Waals surface area contributed by atoms with Crippen LogP contribution in [-0.4, -0.2) is 26.9 Å². The maximum Gasteiger partial charge on any atom is 0.413 e. The van der Waals surface area contributed by atoms with Gasteiger partial charge in [-0.1, -0.05) is 11.3 Å². The van der Waals surface area contributed by atoms with Crippen LogP contribution < -0.4 is 5.32 Å². The van der Waals surface area contributed by atoms with Crippen LogP contribution in [-0.2, 0) is 4.74 Å². The van der Waals surface area contributed by atoms with E-state index in [1.54, 1.807) is 26.8 Å². The first-order chi connectivity index (χ1) is 8.33. The summed E-state index contributed by atoms with van der Waals surface area (Å²) in [5.41, 5.74) is -0.0434. The summed E-state index contributed by atoms with van der Waals surface area (Å²) in [5, 5.41) is 10.7. The molecule has 2 aromatic rings. The van der Waals surface area contributed by atoms with Gasteiger partial charge in [0.05, 0.1) is 4.70 Å². The molecule has 0 saturated heterocycles. The lowest BCUT2D eigenvalue weighted by atomic mass is 10.2. The molecule has 0 aliphatic carbocycles. The van der Waals surface area contributed by atoms with E-state index in [4.69, 9.17) is 4.74 Å². The van der Waals surface area contributed by atoms with Gasteiger partial charge in [-0.05, 0) is 42.8 Å². The standard InChI is InChI=1S/C10H11BrN4O2S/c1-10(2,3)17-9(16)13-8-12-7-5(18-8)4-6(11)14-15-7/h4H,1-3H3,(H,12,13,15,16). The number of carbonyl (C=O) groups is 1. The van der Waals surface area contributed by atoms with E-state index in [1.807, 2.05) is 0 Å². The summed E-state index contributed by atoms with van der Waals surface area (Å²) in [7, 11) is 0. The zero-order valence-corrected chi connectivity index (χ0v) is 12.4. The van der Waals surface area contributed by atoms with Crippen molar-refractivity contribution in [2.24, 2.45) is 0 Å². The summed E-state index contributed by atoms with van der Waals surface area (Å²) in [4.78, 5) is 15.7. The van der Waals surface area contributed by atoms with Gasteiger partial charge >= 0.3 is 6.09 Å². The molecule has 18 heavy (non-hydrogen) atoms. The topological polar surface area (TPSA) is 77.0 Å². The number of aromatic nitrogens is 3. The smallest absolute Gasteiger partial charge is 0.413 e. The number of thiazole rings is 1. The van der Waals surface area contributed by atoms with Gasteiger partial charge in [0.15, 0.2) is 10.8 Å². The second-order valence-corrected chi connectivity index (χ2v) is 6.34. The molecular weight excluding hydrogens is 320 g/mol. The van der Waals surface area contributed by atoms with Crippen molar-refractivity contribution in [2.75, 3.05) is 5.32 Å². The summed E-state index contributed by atoms with van der Waals surface area (Å²) < 4.78 is 6.60. The molecule has 0 fully saturated rings. The molecule has 2 heterocycles. The zero-order chi connectivity index (χ0) is 13.3. The van der Waals surface area contributed by atoms with Crippen LogP contribution in [0.2, 0.25) is 0 Å². The molecule has 0 aromatic carbocycles. The fraction of sp³-hybridized carbons (Fsp3) is 0.400. The van der Waals surface area contributed by atoms with Gasteiger partial charge in [0.1, 0.15) is 10.2 Å². The minimum absolute atomic E-state index is 0.437. The fourth-order valence-corrected chi connectivity index (χ4v) is 2.45. The number of hydrogen-bond donors (Lipinski definition) is 1. The second kappa shape index (κ2) is 4.77. The number of hydrogen-bond acceptors (Lipinski definition) is 6. The molecule has 0 radical (unpaired) electrons. The Morgan fingerprint density at radius 1 is 1.44 bits per heavy atom. The normalized spacial score (nSPS) is 11.6. The molecule has 0 spiro atoms. The maximum atomic E-state index is 11.6. The predicted octanol–water partition coefficient (Wildman–Crippen LogP) is 3.20. The molecule has 8 heteroatoms. The van der Waals surface area contributed by atoms with Crippen molar-refractivity contribution in [3.8, 4) is 0 Å². The lowest BCUT2D eigenvalue weighted by Crippen LogP contribution is -2.27. The highest BCUT2D eigenvalue weighted by molar-refractivity contribution is 9.10. The Hall–Kier alpha value is -1.28. The van der Waals surface area contributed by atoms with Crippen molar-refractivity contribution in [2.45, 2.75) is 26.4 Å². The highest BCUT2D eigenvalue weighted by Gasteiger charge is 2.17. The molecular formula is C10H11BrN4O2S. The summed E-state index contributed by atoms with van der Waals surface area (Å²) in [6.07, 6.45) is -0.534. The zero-order valence-electron chi connectivity index (χ0n) is 10.0. The molecule has 0 unspecified atom stereocenters. The highest BCUT2D eigenvalue weighted by Crippen LogP contribution is 2.26. The Kier molecular flexibility index (Phi) is 3.49. The summed E-state index contributed by atoms with van der Waals surface area (Å²) in [6.45, 7) is 5.40. The number of halogens is 1. The van der Waals surface area contributed by atoms with E-state index in [1.165, 1.54) is 11.3 Å². The van der Waals surface area contributed by atoms with Gasteiger partial charge in [-0.2, -0.15) is 4.98 Å². The molecule has 0 bridgehead atoms. The van der Waals surface area contributed by atoms with Gasteiger partial charge in [-0.15, -0.1) is 10.2 Å². The largest absolute Gasteiger partial charge is 0.444 e. The third-order valence-corrected chi connectivity index (χ3v) is 3.03. The first-order valence-electron chi connectivity index (χ1n) is 5.13. The van der Waals surface area contributed by atoms with Crippen molar-refractivity contribution in [3.63, 3.8) is 0 Å². The summed E-state index contributed by atoms with van der Waals surface area (Å²) in [6, 6.07) is 1.79. The Bertz CT molecular complexity index is 593. The first-order valence-corrected chi connectivity index (χ1v) is 6.74. The van der Waals surface area contributed by atoms with Crippen LogP contribution in [0.25, 0.3) is 10.3 Å². The minimum Gasteiger partial charge on any atom is -0.444 e. The minimum atomic E-state index is -0.538. The van der Waals surface area contributed by atoms with Gasteiger partial charge in [-0.3, -0.25) is 5.32 Å². The van der Waals surface area contributed by atoms with Crippen molar-refractivity contribution < 1.29 is 9.53 Å². The molecule has 96 valence electrons. The lowest BCUT2D eigenvalue weighted by molar-refractivity contribution is 0.0636. The number of carbonyl (C=O) groups excluding carboxylic acids is 1. The monoisotopic (exact) mass is 330 g/mol. The molecule has 1 N–H and O–H groups in total. The molecule has 6 nitrogen and oxygen atoms in total. The van der Waals surface area contributed by atoms with Gasteiger partial charge < -0.3 is 4.74 Å². The number of nitrogens with one attached hydrogen (secondary N) is 1. The Morgan fingerprint density at radius 3 is 2.83 bits per heavy atom. The van der Waals surface area contributed by atoms with E-state index in [9.17, 15) is 4.79 Å². The van der Waals surface area contributed by atoms with Crippen LogP contribution in [0.3, 0.4) is 0 Å². The van der Waals surface area contributed by atoms with Gasteiger partial charge in [0.25, 0.3) is 0 Å². The third-order valence-electron chi connectivity index (χ3n) is 1.73. The van der Waals surface area contributed by atoms with Crippen LogP contribution in [0, 0.1) is 0 Å². The van der Waals surface area contributed by atoms with Gasteiger partial charge in [-0.25, -0.2) is 4.79 Å². The average molecular weight is 331 g/mol. The molecule has 2 rings (SSSR count). The number of nitrogens with zero attached hydrogens (tertiary/aromatic N) is 3. The van der Waals surface area contributed by atoms with E-state index in [0.29, 0.717) is 15.4 Å². The van der Waals surface area contributed by atoms with Crippen molar-refractivity contribution in [3.05, 3.63) is 10.7 Å². The Labute approximate surface area is 116 Å². The molecule has 2 aromatic heterocycles. The molecule has 0 aliphatic heterocycles. The van der Waals surface area contributed by atoms with Crippen molar-refractivity contribution >= 4 is 48.8 Å². The van der Waals surface area contributed by atoms with Crippen molar-refractivity contribution in [1.29, 1.82) is 0 Å². The predicted molar refractivity (Wildman–Crippen MR) is 72.8 cm³/mol. The highest BCUT2D eigenvalue weighted by atomic mass is 79.9. The molecule has 0 atom stereocenters. The van der Waals surface area contributed by atoms with Crippen molar-refractivity contribution in [1.82, 2.24) is 15.2 Å². The molecule has 1 amide bonds. The second-order valence-electron chi connectivity index (χ2n) is 4.50. The van der Waals surface area contributed by atoms with Crippen LogP contribution in [0.1, 0.15) is 20.8 Å². The summed E-state index contributed by atoms with van der Waals surface area (Å²) >= 11 is 4.54. The van der Waals surface area contributed by atoms with Gasteiger partial charge in [0, 0.05) is 0 Å². The van der Waals surface area contributed by atoms with Crippen LogP contribution in [0.5, 0.6) is 0 Å². The van der Waals surface area contributed by atoms with Crippen LogP contribution in [0.15, 0.2) is 10.7 Å². The van der Waals surface area contributed by atoms with E-state index < -0.39 is 11.7 Å².